The van der Waals surface area contributed by atoms with Crippen molar-refractivity contribution in [3.8, 4) is 0 Å². The number of anilines is 1. The summed E-state index contributed by atoms with van der Waals surface area (Å²) in [5.74, 6) is -0.0860. The summed E-state index contributed by atoms with van der Waals surface area (Å²) in [5.41, 5.74) is 2.16. The van der Waals surface area contributed by atoms with Crippen LogP contribution in [-0.2, 0) is 26.8 Å². The van der Waals surface area contributed by atoms with Crippen molar-refractivity contribution < 1.29 is 13.2 Å². The molecule has 138 valence electrons. The van der Waals surface area contributed by atoms with Crippen LogP contribution >= 0.6 is 0 Å². The zero-order valence-electron chi connectivity index (χ0n) is 14.6. The summed E-state index contributed by atoms with van der Waals surface area (Å²) in [5, 5.41) is 9.10. The van der Waals surface area contributed by atoms with Crippen molar-refractivity contribution in [2.75, 3.05) is 4.90 Å². The molecule has 8 heteroatoms. The van der Waals surface area contributed by atoms with Gasteiger partial charge in [0, 0.05) is 23.3 Å². The number of sulfonamides is 1. The number of hydrogen-bond acceptors (Lipinski definition) is 4. The van der Waals surface area contributed by atoms with Crippen molar-refractivity contribution in [2.45, 2.75) is 55.5 Å². The van der Waals surface area contributed by atoms with E-state index in [1.54, 1.807) is 0 Å². The lowest BCUT2D eigenvalue weighted by molar-refractivity contribution is -0.120. The number of rotatable bonds is 3. The quantitative estimate of drug-likeness (QED) is 0.885. The lowest BCUT2D eigenvalue weighted by Gasteiger charge is -2.39. The van der Waals surface area contributed by atoms with E-state index >= 15 is 0 Å². The second kappa shape index (κ2) is 5.92. The molecule has 2 N–H and O–H groups in total. The lowest BCUT2D eigenvalue weighted by atomic mass is 9.69. The summed E-state index contributed by atoms with van der Waals surface area (Å²) >= 11 is 0. The molecule has 2 atom stereocenters. The smallest absolute Gasteiger partial charge is 0.249 e. The molecule has 26 heavy (non-hydrogen) atoms. The standard InChI is InChI=1S/C18H22N4O3S/c1-18-9-5-4-8-16(18)22(15-7-3-2-6-14(15)18)17(23)12-21-11-13(10-20-21)26(19,24)25/h2-3,6-7,10-11,16H,4-5,8-9,12H2,1H3,(H2,19,24,25)/t16-,18-/m0/s1. The van der Waals surface area contributed by atoms with Crippen LogP contribution in [0.3, 0.4) is 0 Å². The van der Waals surface area contributed by atoms with Gasteiger partial charge in [0.1, 0.15) is 11.4 Å². The highest BCUT2D eigenvalue weighted by atomic mass is 32.2. The van der Waals surface area contributed by atoms with E-state index in [0.29, 0.717) is 0 Å². The molecule has 0 radical (unpaired) electrons. The van der Waals surface area contributed by atoms with E-state index in [1.807, 2.05) is 23.1 Å². The molecule has 1 amide bonds. The van der Waals surface area contributed by atoms with Crippen molar-refractivity contribution in [3.05, 3.63) is 42.2 Å². The van der Waals surface area contributed by atoms with Gasteiger partial charge < -0.3 is 4.90 Å². The van der Waals surface area contributed by atoms with E-state index in [9.17, 15) is 13.2 Å². The summed E-state index contributed by atoms with van der Waals surface area (Å²) in [6.07, 6.45) is 6.78. The van der Waals surface area contributed by atoms with E-state index < -0.39 is 10.0 Å². The minimum atomic E-state index is -3.82. The van der Waals surface area contributed by atoms with Gasteiger partial charge in [0.05, 0.1) is 6.20 Å². The summed E-state index contributed by atoms with van der Waals surface area (Å²) < 4.78 is 24.2. The number of carbonyl (C=O) groups is 1. The first-order valence-electron chi connectivity index (χ1n) is 8.77. The summed E-state index contributed by atoms with van der Waals surface area (Å²) in [6, 6.07) is 8.22. The molecule has 1 aromatic carbocycles. The second-order valence-electron chi connectivity index (χ2n) is 7.38. The third kappa shape index (κ3) is 2.64. The maximum absolute atomic E-state index is 13.1. The monoisotopic (exact) mass is 374 g/mol. The first-order valence-corrected chi connectivity index (χ1v) is 10.3. The van der Waals surface area contributed by atoms with E-state index in [4.69, 9.17) is 5.14 Å². The lowest BCUT2D eigenvalue weighted by Crippen LogP contribution is -2.48. The number of benzene rings is 1. The van der Waals surface area contributed by atoms with Crippen LogP contribution in [0.25, 0.3) is 0 Å². The normalized spacial score (nSPS) is 25.0. The van der Waals surface area contributed by atoms with Crippen LogP contribution in [0.5, 0.6) is 0 Å². The minimum Gasteiger partial charge on any atom is -0.307 e. The number of amides is 1. The Morgan fingerprint density at radius 3 is 2.85 bits per heavy atom. The number of aromatic nitrogens is 2. The van der Waals surface area contributed by atoms with Crippen LogP contribution in [0.4, 0.5) is 5.69 Å². The molecular formula is C18H22N4O3S. The van der Waals surface area contributed by atoms with Crippen LogP contribution in [-0.4, -0.2) is 30.1 Å². The van der Waals surface area contributed by atoms with Gasteiger partial charge in [-0.15, -0.1) is 0 Å². The number of primary sulfonamides is 1. The van der Waals surface area contributed by atoms with Crippen LogP contribution in [0, 0.1) is 0 Å². The number of hydrogen-bond donors (Lipinski definition) is 1. The summed E-state index contributed by atoms with van der Waals surface area (Å²) in [6.45, 7) is 2.23. The molecule has 4 rings (SSSR count). The highest BCUT2D eigenvalue weighted by Gasteiger charge is 2.50. The van der Waals surface area contributed by atoms with Gasteiger partial charge in [-0.25, -0.2) is 13.6 Å². The van der Waals surface area contributed by atoms with Gasteiger partial charge in [0.2, 0.25) is 15.9 Å². The molecule has 1 aromatic heterocycles. The third-order valence-electron chi connectivity index (χ3n) is 5.75. The van der Waals surface area contributed by atoms with Crippen LogP contribution in [0.15, 0.2) is 41.6 Å². The predicted molar refractivity (Wildman–Crippen MR) is 97.1 cm³/mol. The van der Waals surface area contributed by atoms with Gasteiger partial charge in [-0.05, 0) is 24.5 Å². The Labute approximate surface area is 152 Å². The number of carbonyl (C=O) groups excluding carboxylic acids is 1. The topological polar surface area (TPSA) is 98.3 Å². The average molecular weight is 374 g/mol. The maximum atomic E-state index is 13.1. The molecule has 1 aliphatic carbocycles. The molecule has 2 heterocycles. The molecule has 1 fully saturated rings. The van der Waals surface area contributed by atoms with E-state index in [2.05, 4.69) is 18.1 Å². The van der Waals surface area contributed by atoms with Crippen molar-refractivity contribution in [2.24, 2.45) is 5.14 Å². The van der Waals surface area contributed by atoms with E-state index in [-0.39, 0.29) is 28.8 Å². The number of para-hydroxylation sites is 1. The van der Waals surface area contributed by atoms with Gasteiger partial charge in [-0.2, -0.15) is 5.10 Å². The average Bonchev–Trinajstić information content (AvgIpc) is 3.15. The second-order valence-corrected chi connectivity index (χ2v) is 8.94. The van der Waals surface area contributed by atoms with Crippen molar-refractivity contribution in [1.29, 1.82) is 0 Å². The first kappa shape index (κ1) is 17.2. The highest BCUT2D eigenvalue weighted by Crippen LogP contribution is 2.51. The molecule has 7 nitrogen and oxygen atoms in total. The van der Waals surface area contributed by atoms with Crippen molar-refractivity contribution in [1.82, 2.24) is 9.78 Å². The maximum Gasteiger partial charge on any atom is 0.249 e. The first-order chi connectivity index (χ1) is 12.3. The SMILES string of the molecule is C[C@@]12CCCC[C@@H]1N(C(=O)Cn1cc(S(N)(=O)=O)cn1)c1ccccc12. The van der Waals surface area contributed by atoms with E-state index in [0.717, 1.165) is 24.9 Å². The summed E-state index contributed by atoms with van der Waals surface area (Å²) in [7, 11) is -3.82. The number of fused-ring (bicyclic) bond motifs is 3. The Morgan fingerprint density at radius 1 is 1.35 bits per heavy atom. The fourth-order valence-corrected chi connectivity index (χ4v) is 4.94. The number of nitrogens with zero attached hydrogens (tertiary/aromatic N) is 3. The van der Waals surface area contributed by atoms with Gasteiger partial charge in [-0.3, -0.25) is 9.48 Å². The van der Waals surface area contributed by atoms with Crippen molar-refractivity contribution >= 4 is 21.6 Å². The Hall–Kier alpha value is -2.19. The van der Waals surface area contributed by atoms with Crippen LogP contribution in [0.1, 0.15) is 38.2 Å². The van der Waals surface area contributed by atoms with Gasteiger partial charge in [0.15, 0.2) is 0 Å². The minimum absolute atomic E-state index is 0.0174. The molecule has 1 aliphatic heterocycles. The van der Waals surface area contributed by atoms with Crippen LogP contribution < -0.4 is 10.0 Å². The fourth-order valence-electron chi connectivity index (χ4n) is 4.48. The predicted octanol–water partition coefficient (Wildman–Crippen LogP) is 1.78. The zero-order valence-corrected chi connectivity index (χ0v) is 15.4. The summed E-state index contributed by atoms with van der Waals surface area (Å²) in [4.78, 5) is 14.9. The Balaban J connectivity index is 1.66. The van der Waals surface area contributed by atoms with Crippen LogP contribution in [0.2, 0.25) is 0 Å². The Morgan fingerprint density at radius 2 is 2.12 bits per heavy atom. The van der Waals surface area contributed by atoms with E-state index in [1.165, 1.54) is 29.1 Å². The van der Waals surface area contributed by atoms with Gasteiger partial charge in [0.25, 0.3) is 0 Å². The molecule has 0 saturated heterocycles. The molecule has 0 spiro atoms. The van der Waals surface area contributed by atoms with Gasteiger partial charge in [-0.1, -0.05) is 38.0 Å². The zero-order chi connectivity index (χ0) is 18.5. The molecule has 0 unspecified atom stereocenters. The highest BCUT2D eigenvalue weighted by molar-refractivity contribution is 7.89. The Kier molecular flexibility index (Phi) is 3.92. The number of nitrogens with two attached hydrogens (primary N) is 1. The largest absolute Gasteiger partial charge is 0.307 e. The van der Waals surface area contributed by atoms with Gasteiger partial charge >= 0.3 is 0 Å². The van der Waals surface area contributed by atoms with Crippen molar-refractivity contribution in [3.63, 3.8) is 0 Å². The molecule has 0 bridgehead atoms. The molecule has 2 aromatic rings. The fraction of sp³-hybridized carbons (Fsp3) is 0.444. The molecular weight excluding hydrogens is 352 g/mol. The third-order valence-corrected chi connectivity index (χ3v) is 6.62. The molecule has 1 saturated carbocycles. The Bertz CT molecular complexity index is 968. The molecule has 2 aliphatic rings.